The molecule has 8 heteroatoms. The maximum atomic E-state index is 12.1. The van der Waals surface area contributed by atoms with E-state index in [2.05, 4.69) is 14.7 Å². The van der Waals surface area contributed by atoms with Crippen molar-refractivity contribution in [1.29, 1.82) is 0 Å². The molecule has 0 spiro atoms. The van der Waals surface area contributed by atoms with Crippen LogP contribution in [0.1, 0.15) is 4.88 Å². The zero-order valence-corrected chi connectivity index (χ0v) is 12.8. The zero-order chi connectivity index (χ0) is 15.2. The zero-order valence-electron chi connectivity index (χ0n) is 12.0. The van der Waals surface area contributed by atoms with Gasteiger partial charge in [-0.15, -0.1) is 0 Å². The van der Waals surface area contributed by atoms with Crippen molar-refractivity contribution in [1.82, 2.24) is 14.3 Å². The fourth-order valence-electron chi connectivity index (χ4n) is 1.57. The topological polar surface area (TPSA) is 76.6 Å². The number of hydrogen-bond acceptors (Lipinski definition) is 6. The van der Waals surface area contributed by atoms with Crippen LogP contribution in [-0.4, -0.2) is 41.6 Å². The molecule has 0 saturated heterocycles. The second-order valence-electron chi connectivity index (χ2n) is 4.19. The molecule has 2 rings (SSSR count). The first-order valence-electron chi connectivity index (χ1n) is 6.15. The van der Waals surface area contributed by atoms with Gasteiger partial charge in [-0.3, -0.25) is 5.32 Å². The Morgan fingerprint density at radius 2 is 2.10 bits per heavy atom. The lowest BCUT2D eigenvalue weighted by atomic mass is 10.4. The van der Waals surface area contributed by atoms with Gasteiger partial charge >= 0.3 is 6.03 Å². The van der Waals surface area contributed by atoms with Crippen molar-refractivity contribution in [2.45, 2.75) is 6.54 Å². The summed E-state index contributed by atoms with van der Waals surface area (Å²) in [6.07, 6.45) is 0. The maximum Gasteiger partial charge on any atom is 0.323 e. The molecular weight excluding hydrogens is 292 g/mol. The number of hydrogen-bond donors (Lipinski definition) is 1. The molecule has 0 fully saturated rings. The van der Waals surface area contributed by atoms with Crippen molar-refractivity contribution in [3.05, 3.63) is 29.1 Å². The first-order chi connectivity index (χ1) is 10.1. The van der Waals surface area contributed by atoms with Crippen molar-refractivity contribution in [2.75, 3.05) is 26.6 Å². The van der Waals surface area contributed by atoms with Crippen molar-refractivity contribution >= 4 is 23.4 Å². The fourth-order valence-corrected chi connectivity index (χ4v) is 2.31. The molecule has 0 radical (unpaired) electrons. The molecule has 112 valence electrons. The van der Waals surface area contributed by atoms with Gasteiger partial charge in [-0.2, -0.15) is 9.36 Å². The van der Waals surface area contributed by atoms with Crippen LogP contribution in [0.3, 0.4) is 0 Å². The summed E-state index contributed by atoms with van der Waals surface area (Å²) in [6.45, 7) is 0.441. The van der Waals surface area contributed by atoms with Crippen molar-refractivity contribution < 1.29 is 14.3 Å². The minimum Gasteiger partial charge on any atom is -0.481 e. The van der Waals surface area contributed by atoms with Crippen LogP contribution in [0.15, 0.2) is 24.3 Å². The molecule has 2 amide bonds. The molecule has 21 heavy (non-hydrogen) atoms. The normalized spacial score (nSPS) is 10.0. The number of amides is 2. The third kappa shape index (κ3) is 4.06. The minimum absolute atomic E-state index is 0.261. The summed E-state index contributed by atoms with van der Waals surface area (Å²) in [5.41, 5.74) is 0. The van der Waals surface area contributed by atoms with Gasteiger partial charge in [0.1, 0.15) is 5.82 Å². The average molecular weight is 308 g/mol. The van der Waals surface area contributed by atoms with Crippen LogP contribution in [0.5, 0.6) is 11.8 Å². The maximum absolute atomic E-state index is 12.1. The predicted octanol–water partition coefficient (Wildman–Crippen LogP) is 2.22. The van der Waals surface area contributed by atoms with Gasteiger partial charge in [0.15, 0.2) is 0 Å². The number of urea groups is 1. The van der Waals surface area contributed by atoms with Gasteiger partial charge < -0.3 is 14.4 Å². The highest BCUT2D eigenvalue weighted by molar-refractivity contribution is 7.05. The van der Waals surface area contributed by atoms with Crippen LogP contribution in [0.4, 0.5) is 10.6 Å². The van der Waals surface area contributed by atoms with Crippen molar-refractivity contribution in [3.63, 3.8) is 0 Å². The van der Waals surface area contributed by atoms with Crippen LogP contribution >= 0.6 is 11.5 Å². The Morgan fingerprint density at radius 1 is 1.33 bits per heavy atom. The van der Waals surface area contributed by atoms with Gasteiger partial charge in [0.25, 0.3) is 0 Å². The highest BCUT2D eigenvalue weighted by atomic mass is 32.1. The van der Waals surface area contributed by atoms with Crippen LogP contribution in [0.2, 0.25) is 0 Å². The third-order valence-electron chi connectivity index (χ3n) is 2.65. The molecule has 0 aromatic carbocycles. The van der Waals surface area contributed by atoms with E-state index in [4.69, 9.17) is 9.47 Å². The SMILES string of the molecule is COc1cc(CN(C)C(=O)Nc2cccc(OC)n2)sn1. The standard InChI is InChI=1S/C13H16N4O3S/c1-17(8-9-7-12(20-3)16-21-9)13(18)15-10-5-4-6-11(14-10)19-2/h4-7H,8H2,1-3H3,(H,14,15,18). The van der Waals surface area contributed by atoms with Gasteiger partial charge in [0.2, 0.25) is 11.8 Å². The molecular formula is C13H16N4O3S. The summed E-state index contributed by atoms with van der Waals surface area (Å²) in [5.74, 6) is 1.44. The van der Waals surface area contributed by atoms with E-state index in [1.54, 1.807) is 38.4 Å². The Labute approximate surface area is 126 Å². The summed E-state index contributed by atoms with van der Waals surface area (Å²) in [6, 6.07) is 6.71. The smallest absolute Gasteiger partial charge is 0.323 e. The molecule has 0 unspecified atom stereocenters. The van der Waals surface area contributed by atoms with E-state index in [1.807, 2.05) is 0 Å². The van der Waals surface area contributed by atoms with E-state index in [1.165, 1.54) is 23.5 Å². The summed E-state index contributed by atoms with van der Waals surface area (Å²) in [4.78, 5) is 18.7. The van der Waals surface area contributed by atoms with Crippen LogP contribution in [0.25, 0.3) is 0 Å². The highest BCUT2D eigenvalue weighted by Gasteiger charge is 2.12. The van der Waals surface area contributed by atoms with Gasteiger partial charge in [-0.05, 0) is 17.6 Å². The van der Waals surface area contributed by atoms with Crippen molar-refractivity contribution in [2.24, 2.45) is 0 Å². The van der Waals surface area contributed by atoms with E-state index in [9.17, 15) is 4.79 Å². The van der Waals surface area contributed by atoms with Gasteiger partial charge in [-0.25, -0.2) is 4.79 Å². The van der Waals surface area contributed by atoms with Gasteiger partial charge in [0.05, 0.1) is 20.8 Å². The number of carbonyl (C=O) groups excluding carboxylic acids is 1. The average Bonchev–Trinajstić information content (AvgIpc) is 2.95. The van der Waals surface area contributed by atoms with Crippen LogP contribution in [0, 0.1) is 0 Å². The summed E-state index contributed by atoms with van der Waals surface area (Å²) >= 11 is 1.30. The molecule has 0 aliphatic rings. The fraction of sp³-hybridized carbons (Fsp3) is 0.308. The molecule has 2 aromatic rings. The Bertz CT molecular complexity index is 617. The quantitative estimate of drug-likeness (QED) is 0.916. The molecule has 0 aliphatic heterocycles. The first-order valence-corrected chi connectivity index (χ1v) is 6.92. The molecule has 0 saturated carbocycles. The molecule has 7 nitrogen and oxygen atoms in total. The third-order valence-corrected chi connectivity index (χ3v) is 3.41. The number of carbonyl (C=O) groups is 1. The molecule has 0 aliphatic carbocycles. The van der Waals surface area contributed by atoms with Gasteiger partial charge in [-0.1, -0.05) is 6.07 Å². The number of nitrogens with one attached hydrogen (secondary N) is 1. The van der Waals surface area contributed by atoms with Gasteiger partial charge in [0, 0.05) is 24.1 Å². The summed E-state index contributed by atoms with van der Waals surface area (Å²) < 4.78 is 14.1. The minimum atomic E-state index is -0.261. The molecule has 2 aromatic heterocycles. The second kappa shape index (κ2) is 6.89. The Morgan fingerprint density at radius 3 is 2.76 bits per heavy atom. The van der Waals surface area contributed by atoms with E-state index >= 15 is 0 Å². The summed E-state index contributed by atoms with van der Waals surface area (Å²) in [5, 5.41) is 2.71. The summed E-state index contributed by atoms with van der Waals surface area (Å²) in [7, 11) is 4.78. The molecule has 2 heterocycles. The lowest BCUT2D eigenvalue weighted by Crippen LogP contribution is -2.30. The lowest BCUT2D eigenvalue weighted by molar-refractivity contribution is 0.221. The van der Waals surface area contributed by atoms with Crippen molar-refractivity contribution in [3.8, 4) is 11.8 Å². The number of nitrogens with zero attached hydrogens (tertiary/aromatic N) is 3. The lowest BCUT2D eigenvalue weighted by Gasteiger charge is -2.16. The number of ether oxygens (including phenoxy) is 2. The largest absolute Gasteiger partial charge is 0.481 e. The number of rotatable bonds is 5. The molecule has 1 N–H and O–H groups in total. The first kappa shape index (κ1) is 15.0. The number of aromatic nitrogens is 2. The highest BCUT2D eigenvalue weighted by Crippen LogP contribution is 2.18. The van der Waals surface area contributed by atoms with E-state index in [-0.39, 0.29) is 6.03 Å². The van der Waals surface area contributed by atoms with Crippen LogP contribution in [-0.2, 0) is 6.54 Å². The number of anilines is 1. The second-order valence-corrected chi connectivity index (χ2v) is 5.08. The molecule has 0 atom stereocenters. The number of methoxy groups -OCH3 is 2. The Hall–Kier alpha value is -2.35. The van der Waals surface area contributed by atoms with E-state index in [0.29, 0.717) is 24.1 Å². The van der Waals surface area contributed by atoms with Crippen LogP contribution < -0.4 is 14.8 Å². The molecule has 0 bridgehead atoms. The van der Waals surface area contributed by atoms with E-state index < -0.39 is 0 Å². The predicted molar refractivity (Wildman–Crippen MR) is 79.9 cm³/mol. The Balaban J connectivity index is 1.95. The Kier molecular flexibility index (Phi) is 4.94. The number of pyridine rings is 1. The monoisotopic (exact) mass is 308 g/mol. The van der Waals surface area contributed by atoms with E-state index in [0.717, 1.165) is 4.88 Å².